The van der Waals surface area contributed by atoms with Crippen LogP contribution < -0.4 is 40.1 Å². The highest BCUT2D eigenvalue weighted by Crippen LogP contribution is 2.41. The number of anilines is 6. The van der Waals surface area contributed by atoms with E-state index in [2.05, 4.69) is 73.9 Å². The first-order valence-corrected chi connectivity index (χ1v) is 23.2. The smallest absolute Gasteiger partial charge is 0.329 e. The summed E-state index contributed by atoms with van der Waals surface area (Å²) in [6.07, 6.45) is 12.0. The third-order valence-electron chi connectivity index (χ3n) is 11.9. The summed E-state index contributed by atoms with van der Waals surface area (Å²) in [6, 6.07) is 26.2. The first kappa shape index (κ1) is 45.9. The standard InChI is InChI=1S/C22H23N7O2.C15H16N4.C14H15N3O2/c1-3-31-20-12-24-19(11-25-20)27-22(30)29-16-7-9-28(13-16)18-5-4-17(26-21(18)29)15-6-8-23-14(2)10-15;1-10-8-11(4-6-16-10)13-2-3-14-15(18-13)17-12-5-7-19(14)9-12;1-2-19-14-10-15-12(9-16-14)17-13(18)8-11-6-4-3-5-7-11/h4-6,8,10-12,16H,3,7,9,13H2,1-2H3,(H,24,27,30);2-4,6,8,12H,5,7,9H2,1H3,(H,17,18);3-7,9-10H,2,8H2,1H3,(H,15,17,18)/t16-;12-;/m00./s1. The van der Waals surface area contributed by atoms with E-state index < -0.39 is 0 Å². The number of nitrogens with zero attached hydrogens (tertiary/aromatic N) is 11. The summed E-state index contributed by atoms with van der Waals surface area (Å²) < 4.78 is 10.5. The summed E-state index contributed by atoms with van der Waals surface area (Å²) in [5.41, 5.74) is 9.03. The van der Waals surface area contributed by atoms with Crippen LogP contribution in [0.15, 0.2) is 116 Å². The van der Waals surface area contributed by atoms with E-state index in [9.17, 15) is 9.59 Å². The number of nitrogens with one attached hydrogen (secondary N) is 3. The lowest BCUT2D eigenvalue weighted by atomic mass is 10.1. The summed E-state index contributed by atoms with van der Waals surface area (Å²) >= 11 is 0. The van der Waals surface area contributed by atoms with E-state index in [-0.39, 0.29) is 18.0 Å². The van der Waals surface area contributed by atoms with Gasteiger partial charge in [0.25, 0.3) is 0 Å². The second kappa shape index (κ2) is 21.1. The van der Waals surface area contributed by atoms with Crippen molar-refractivity contribution in [2.24, 2.45) is 0 Å². The normalized spacial score (nSPS) is 15.8. The quantitative estimate of drug-likeness (QED) is 0.120. The number of hydrogen-bond acceptors (Lipinski definition) is 15. The Bertz CT molecular complexity index is 2890. The second-order valence-corrected chi connectivity index (χ2v) is 16.8. The van der Waals surface area contributed by atoms with Crippen LogP contribution in [0.1, 0.15) is 43.6 Å². The van der Waals surface area contributed by atoms with E-state index in [1.807, 2.05) is 94.6 Å². The number of urea groups is 1. The molecule has 10 heterocycles. The van der Waals surface area contributed by atoms with Gasteiger partial charge in [-0.25, -0.2) is 34.7 Å². The van der Waals surface area contributed by atoms with E-state index in [0.717, 1.165) is 83.6 Å². The van der Waals surface area contributed by atoms with Crippen LogP contribution in [0.4, 0.5) is 39.4 Å². The van der Waals surface area contributed by atoms with Crippen molar-refractivity contribution in [3.8, 4) is 34.3 Å². The molecule has 0 saturated carbocycles. The van der Waals surface area contributed by atoms with E-state index in [1.54, 1.807) is 11.1 Å². The number of carbonyl (C=O) groups excluding carboxylic acids is 2. The molecular weight excluding hydrogens is 873 g/mol. The maximum atomic E-state index is 13.3. The number of rotatable bonds is 10. The molecule has 18 heteroatoms. The van der Waals surface area contributed by atoms with Crippen molar-refractivity contribution in [3.05, 3.63) is 133 Å². The van der Waals surface area contributed by atoms with Crippen LogP contribution in [0.25, 0.3) is 22.5 Å². The van der Waals surface area contributed by atoms with Gasteiger partial charge >= 0.3 is 6.03 Å². The molecule has 0 radical (unpaired) electrons. The predicted octanol–water partition coefficient (Wildman–Crippen LogP) is 7.78. The Kier molecular flexibility index (Phi) is 14.0. The van der Waals surface area contributed by atoms with Gasteiger partial charge in [0.1, 0.15) is 0 Å². The van der Waals surface area contributed by atoms with Gasteiger partial charge in [-0.2, -0.15) is 0 Å². The Balaban J connectivity index is 0.000000136. The maximum Gasteiger partial charge on any atom is 0.329 e. The molecule has 352 valence electrons. The zero-order chi connectivity index (χ0) is 47.7. The fourth-order valence-corrected chi connectivity index (χ4v) is 8.65. The Morgan fingerprint density at radius 3 is 1.90 bits per heavy atom. The van der Waals surface area contributed by atoms with Gasteiger partial charge in [-0.1, -0.05) is 30.3 Å². The van der Waals surface area contributed by atoms with Crippen LogP contribution in [0.3, 0.4) is 0 Å². The maximum absolute atomic E-state index is 13.3. The third-order valence-corrected chi connectivity index (χ3v) is 11.9. The number of hydrogen-bond donors (Lipinski definition) is 3. The van der Waals surface area contributed by atoms with E-state index in [4.69, 9.17) is 19.4 Å². The SMILES string of the molecule is CCOc1cnc(NC(=O)Cc2ccccc2)cn1.CCOc1cnc(NC(=O)N2c3nc(-c4ccnc(C)c4)ccc3N3CC[C@H]2C3)cn1.Cc1cc(-c2ccc3c(n2)N[C@H]2CCN3C2)ccn1. The highest BCUT2D eigenvalue weighted by atomic mass is 16.5. The summed E-state index contributed by atoms with van der Waals surface area (Å²) in [5, 5.41) is 9.10. The Hall–Kier alpha value is -8.28. The molecule has 3 N–H and O–H groups in total. The van der Waals surface area contributed by atoms with E-state index in [0.29, 0.717) is 54.9 Å². The molecule has 11 rings (SSSR count). The monoisotopic (exact) mass is 926 g/mol. The molecule has 2 atom stereocenters. The van der Waals surface area contributed by atoms with Crippen LogP contribution in [-0.4, -0.2) is 103 Å². The molecule has 6 aromatic heterocycles. The van der Waals surface area contributed by atoms with Crippen molar-refractivity contribution in [1.29, 1.82) is 0 Å². The molecule has 3 amide bonds. The Morgan fingerprint density at radius 1 is 0.667 bits per heavy atom. The van der Waals surface area contributed by atoms with E-state index in [1.165, 1.54) is 36.9 Å². The molecule has 4 aliphatic rings. The summed E-state index contributed by atoms with van der Waals surface area (Å²) in [5.74, 6) is 3.24. The molecule has 0 spiro atoms. The molecule has 7 aromatic rings. The number of amides is 3. The van der Waals surface area contributed by atoms with Gasteiger partial charge in [0.05, 0.1) is 73.2 Å². The number of benzene rings is 1. The third kappa shape index (κ3) is 11.1. The van der Waals surface area contributed by atoms with Crippen LogP contribution in [0.5, 0.6) is 11.8 Å². The lowest BCUT2D eigenvalue weighted by Gasteiger charge is -2.35. The molecular formula is C51H54N14O4. The zero-order valence-corrected chi connectivity index (χ0v) is 39.0. The van der Waals surface area contributed by atoms with Gasteiger partial charge in [0.2, 0.25) is 17.7 Å². The minimum Gasteiger partial charge on any atom is -0.477 e. The molecule has 2 saturated heterocycles. The summed E-state index contributed by atoms with van der Waals surface area (Å²) in [7, 11) is 0. The van der Waals surface area contributed by atoms with Gasteiger partial charge in [-0.15, -0.1) is 0 Å². The molecule has 18 nitrogen and oxygen atoms in total. The minimum absolute atomic E-state index is 0.0603. The molecule has 4 bridgehead atoms. The van der Waals surface area contributed by atoms with Crippen LogP contribution in [0, 0.1) is 13.8 Å². The highest BCUT2D eigenvalue weighted by Gasteiger charge is 2.40. The van der Waals surface area contributed by atoms with Crippen LogP contribution in [-0.2, 0) is 11.2 Å². The number of ether oxygens (including phenoxy) is 2. The molecule has 2 fully saturated rings. The van der Waals surface area contributed by atoms with Crippen LogP contribution >= 0.6 is 0 Å². The average molecular weight is 927 g/mol. The number of aryl methyl sites for hydroxylation is 2. The number of carbonyl (C=O) groups is 2. The van der Waals surface area contributed by atoms with Crippen LogP contribution in [0.2, 0.25) is 0 Å². The van der Waals surface area contributed by atoms with Crippen molar-refractivity contribution in [1.82, 2.24) is 39.9 Å². The van der Waals surface area contributed by atoms with Crippen molar-refractivity contribution >= 4 is 46.6 Å². The predicted molar refractivity (Wildman–Crippen MR) is 266 cm³/mol. The van der Waals surface area contributed by atoms with Gasteiger partial charge in [0.15, 0.2) is 23.3 Å². The number of fused-ring (bicyclic) bond motifs is 8. The molecule has 0 aliphatic carbocycles. The van der Waals surface area contributed by atoms with Crippen molar-refractivity contribution in [2.75, 3.05) is 70.0 Å². The lowest BCUT2D eigenvalue weighted by Crippen LogP contribution is -2.48. The lowest BCUT2D eigenvalue weighted by molar-refractivity contribution is -0.115. The van der Waals surface area contributed by atoms with Gasteiger partial charge < -0.3 is 29.9 Å². The second-order valence-electron chi connectivity index (χ2n) is 16.8. The largest absolute Gasteiger partial charge is 0.477 e. The van der Waals surface area contributed by atoms with Gasteiger partial charge in [-0.3, -0.25) is 25.0 Å². The average Bonchev–Trinajstić information content (AvgIpc) is 3.97. The first-order valence-electron chi connectivity index (χ1n) is 23.2. The topological polar surface area (TPSA) is 202 Å². The Morgan fingerprint density at radius 2 is 1.28 bits per heavy atom. The van der Waals surface area contributed by atoms with Crippen molar-refractivity contribution < 1.29 is 19.1 Å². The molecule has 69 heavy (non-hydrogen) atoms. The summed E-state index contributed by atoms with van der Waals surface area (Å²) in [6.45, 7) is 12.7. The van der Waals surface area contributed by atoms with Gasteiger partial charge in [0, 0.05) is 67.1 Å². The Labute approximate surface area is 400 Å². The van der Waals surface area contributed by atoms with Crippen molar-refractivity contribution in [3.63, 3.8) is 0 Å². The minimum atomic E-state index is -0.262. The zero-order valence-electron chi connectivity index (χ0n) is 39.0. The molecule has 4 aliphatic heterocycles. The number of aromatic nitrogens is 8. The molecule has 0 unspecified atom stereocenters. The summed E-state index contributed by atoms with van der Waals surface area (Å²) in [4.78, 5) is 66.2. The van der Waals surface area contributed by atoms with Crippen molar-refractivity contribution in [2.45, 2.75) is 59.0 Å². The fraction of sp³-hybridized carbons (Fsp3) is 0.294. The number of pyridine rings is 4. The fourth-order valence-electron chi connectivity index (χ4n) is 8.65. The highest BCUT2D eigenvalue weighted by molar-refractivity contribution is 6.04. The van der Waals surface area contributed by atoms with Gasteiger partial charge in [-0.05, 0) is 94.6 Å². The van der Waals surface area contributed by atoms with E-state index >= 15 is 0 Å². The molecule has 1 aromatic carbocycles. The first-order chi connectivity index (χ1) is 33.7.